The summed E-state index contributed by atoms with van der Waals surface area (Å²) in [5.74, 6) is -0.337. The SMILES string of the molecule is C=C(C)C(=O)OCC1CO1.C=CC#N.C=CC=C.C=Cc1ccccc1. The van der Waals surface area contributed by atoms with Gasteiger partial charge in [-0.2, -0.15) is 5.26 Å². The largest absolute Gasteiger partial charge is 0.459 e. The molecule has 1 heterocycles. The highest BCUT2D eigenvalue weighted by Crippen LogP contribution is 2.09. The maximum atomic E-state index is 10.7. The molecule has 0 bridgehead atoms. The zero-order valence-electron chi connectivity index (χ0n) is 15.4. The zero-order chi connectivity index (χ0) is 20.2. The van der Waals surface area contributed by atoms with E-state index in [2.05, 4.69) is 32.9 Å². The van der Waals surface area contributed by atoms with Crippen LogP contribution in [0.15, 0.2) is 87.0 Å². The molecule has 1 aromatic carbocycles. The summed E-state index contributed by atoms with van der Waals surface area (Å²) >= 11 is 0. The first-order chi connectivity index (χ1) is 12.5. The van der Waals surface area contributed by atoms with Crippen LogP contribution in [0.25, 0.3) is 6.08 Å². The maximum Gasteiger partial charge on any atom is 0.333 e. The Labute approximate surface area is 157 Å². The third-order valence-electron chi connectivity index (χ3n) is 2.44. The average molecular weight is 353 g/mol. The number of benzene rings is 1. The van der Waals surface area contributed by atoms with Crippen molar-refractivity contribution in [3.05, 3.63) is 92.6 Å². The molecule has 0 spiro atoms. The third kappa shape index (κ3) is 18.9. The van der Waals surface area contributed by atoms with Crippen LogP contribution in [0.2, 0.25) is 0 Å². The van der Waals surface area contributed by atoms with Gasteiger partial charge in [0.2, 0.25) is 0 Å². The lowest BCUT2D eigenvalue weighted by molar-refractivity contribution is -0.139. The van der Waals surface area contributed by atoms with Crippen LogP contribution in [0.4, 0.5) is 0 Å². The Bertz CT molecular complexity index is 602. The van der Waals surface area contributed by atoms with E-state index in [0.717, 1.165) is 0 Å². The van der Waals surface area contributed by atoms with E-state index in [9.17, 15) is 4.79 Å². The number of hydrogen-bond donors (Lipinski definition) is 0. The number of carbonyl (C=O) groups is 1. The van der Waals surface area contributed by atoms with E-state index in [-0.39, 0.29) is 12.1 Å². The van der Waals surface area contributed by atoms with E-state index in [1.807, 2.05) is 36.4 Å². The lowest BCUT2D eigenvalue weighted by atomic mass is 10.2. The summed E-state index contributed by atoms with van der Waals surface area (Å²) in [6, 6.07) is 11.7. The van der Waals surface area contributed by atoms with E-state index in [1.165, 1.54) is 11.6 Å². The van der Waals surface area contributed by atoms with Gasteiger partial charge in [0.15, 0.2) is 0 Å². The van der Waals surface area contributed by atoms with Crippen LogP contribution in [0, 0.1) is 11.3 Å². The van der Waals surface area contributed by atoms with Gasteiger partial charge >= 0.3 is 5.97 Å². The number of allylic oxidation sites excluding steroid dienone is 3. The number of hydrogen-bond acceptors (Lipinski definition) is 4. The fourth-order valence-corrected chi connectivity index (χ4v) is 1.05. The van der Waals surface area contributed by atoms with Gasteiger partial charge in [-0.3, -0.25) is 0 Å². The highest BCUT2D eigenvalue weighted by Gasteiger charge is 2.24. The molecular weight excluding hydrogens is 326 g/mol. The van der Waals surface area contributed by atoms with Gasteiger partial charge in [0.05, 0.1) is 12.7 Å². The van der Waals surface area contributed by atoms with E-state index in [1.54, 1.807) is 25.1 Å². The summed E-state index contributed by atoms with van der Waals surface area (Å²) in [5, 5.41) is 7.51. The van der Waals surface area contributed by atoms with Gasteiger partial charge in [0.25, 0.3) is 0 Å². The molecule has 1 unspecified atom stereocenters. The second-order valence-corrected chi connectivity index (χ2v) is 4.75. The molecular formula is C22H27NO3. The number of esters is 1. The van der Waals surface area contributed by atoms with Gasteiger partial charge in [-0.25, -0.2) is 4.79 Å². The van der Waals surface area contributed by atoms with E-state index in [0.29, 0.717) is 18.8 Å². The van der Waals surface area contributed by atoms with Crippen molar-refractivity contribution in [2.24, 2.45) is 0 Å². The first-order valence-electron chi connectivity index (χ1n) is 7.82. The number of epoxide rings is 1. The standard InChI is InChI=1S/C8H8.C7H10O3.C4H6.C3H3N/c1-2-8-6-4-3-5-7-8;1-5(2)7(8)10-4-6-3-9-6;1-3-4-2;1-2-3-4/h2-7H,1H2;6H,1,3-4H2,2H3;3-4H,1-2H2;2H,1H2. The Hall–Kier alpha value is -3.16. The highest BCUT2D eigenvalue weighted by molar-refractivity contribution is 5.86. The molecule has 0 N–H and O–H groups in total. The van der Waals surface area contributed by atoms with Gasteiger partial charge in [-0.05, 0) is 12.5 Å². The molecule has 138 valence electrons. The van der Waals surface area contributed by atoms with E-state index < -0.39 is 0 Å². The summed E-state index contributed by atoms with van der Waals surface area (Å²) in [6.07, 6.45) is 6.43. The van der Waals surface area contributed by atoms with Gasteiger partial charge in [0.1, 0.15) is 12.7 Å². The fraction of sp³-hybridized carbons (Fsp3) is 0.182. The van der Waals surface area contributed by atoms with Crippen molar-refractivity contribution in [2.45, 2.75) is 13.0 Å². The lowest BCUT2D eigenvalue weighted by Crippen LogP contribution is -2.09. The highest BCUT2D eigenvalue weighted by atomic mass is 16.6. The van der Waals surface area contributed by atoms with Crippen molar-refractivity contribution >= 4 is 12.0 Å². The summed E-state index contributed by atoms with van der Waals surface area (Å²) in [5.41, 5.74) is 1.60. The van der Waals surface area contributed by atoms with Crippen molar-refractivity contribution in [3.8, 4) is 6.07 Å². The van der Waals surface area contributed by atoms with Crippen molar-refractivity contribution in [2.75, 3.05) is 13.2 Å². The molecule has 1 atom stereocenters. The molecule has 0 aliphatic carbocycles. The summed E-state index contributed by atoms with van der Waals surface area (Å²) in [6.45, 7) is 19.6. The molecule has 1 saturated heterocycles. The number of rotatable bonds is 5. The maximum absolute atomic E-state index is 10.7. The van der Waals surface area contributed by atoms with Crippen molar-refractivity contribution in [3.63, 3.8) is 0 Å². The molecule has 4 heteroatoms. The van der Waals surface area contributed by atoms with E-state index >= 15 is 0 Å². The molecule has 4 nitrogen and oxygen atoms in total. The molecule has 0 radical (unpaired) electrons. The van der Waals surface area contributed by atoms with Crippen molar-refractivity contribution in [1.82, 2.24) is 0 Å². The molecule has 1 aliphatic rings. The minimum Gasteiger partial charge on any atom is -0.459 e. The Morgan fingerprint density at radius 2 is 1.77 bits per heavy atom. The van der Waals surface area contributed by atoms with Crippen LogP contribution in [-0.4, -0.2) is 25.3 Å². The molecule has 1 aromatic rings. The average Bonchev–Trinajstić information content (AvgIpc) is 3.52. The normalized spacial score (nSPS) is 12.4. The van der Waals surface area contributed by atoms with Gasteiger partial charge in [0, 0.05) is 11.6 Å². The number of nitrogens with zero attached hydrogens (tertiary/aromatic N) is 1. The second kappa shape index (κ2) is 18.2. The topological polar surface area (TPSA) is 62.6 Å². The fourth-order valence-electron chi connectivity index (χ4n) is 1.05. The van der Waals surface area contributed by atoms with E-state index in [4.69, 9.17) is 14.7 Å². The molecule has 1 fully saturated rings. The minimum atomic E-state index is -0.337. The molecule has 26 heavy (non-hydrogen) atoms. The smallest absolute Gasteiger partial charge is 0.333 e. The van der Waals surface area contributed by atoms with Crippen LogP contribution in [0.5, 0.6) is 0 Å². The van der Waals surface area contributed by atoms with Gasteiger partial charge in [-0.1, -0.05) is 81.5 Å². The molecule has 0 aromatic heterocycles. The monoisotopic (exact) mass is 353 g/mol. The summed E-state index contributed by atoms with van der Waals surface area (Å²) in [7, 11) is 0. The number of carbonyl (C=O) groups excluding carboxylic acids is 1. The predicted molar refractivity (Wildman–Crippen MR) is 108 cm³/mol. The van der Waals surface area contributed by atoms with Gasteiger partial charge in [-0.15, -0.1) is 0 Å². The van der Waals surface area contributed by atoms with Crippen molar-refractivity contribution in [1.29, 1.82) is 5.26 Å². The zero-order valence-corrected chi connectivity index (χ0v) is 15.4. The summed E-state index contributed by atoms with van der Waals surface area (Å²) in [4.78, 5) is 10.7. The van der Waals surface area contributed by atoms with Crippen LogP contribution < -0.4 is 0 Å². The molecule has 1 aliphatic heterocycles. The molecule has 2 rings (SSSR count). The molecule has 0 saturated carbocycles. The first-order valence-corrected chi connectivity index (χ1v) is 7.82. The van der Waals surface area contributed by atoms with Gasteiger partial charge < -0.3 is 9.47 Å². The van der Waals surface area contributed by atoms with Crippen LogP contribution >= 0.6 is 0 Å². The number of nitriles is 1. The predicted octanol–water partition coefficient (Wildman–Crippen LogP) is 4.89. The van der Waals surface area contributed by atoms with Crippen molar-refractivity contribution < 1.29 is 14.3 Å². The van der Waals surface area contributed by atoms with Crippen LogP contribution in [-0.2, 0) is 14.3 Å². The molecule has 0 amide bonds. The Morgan fingerprint density at radius 3 is 2.04 bits per heavy atom. The Morgan fingerprint density at radius 1 is 1.27 bits per heavy atom. The minimum absolute atomic E-state index is 0.142. The quantitative estimate of drug-likeness (QED) is 0.249. The summed E-state index contributed by atoms with van der Waals surface area (Å²) < 4.78 is 9.60. The Balaban J connectivity index is 0. The first kappa shape index (κ1) is 25.1. The number of ether oxygens (including phenoxy) is 2. The third-order valence-corrected chi connectivity index (χ3v) is 2.44. The second-order valence-electron chi connectivity index (χ2n) is 4.75. The van der Waals surface area contributed by atoms with Crippen LogP contribution in [0.3, 0.4) is 0 Å². The van der Waals surface area contributed by atoms with Crippen LogP contribution in [0.1, 0.15) is 12.5 Å². The lowest BCUT2D eigenvalue weighted by Gasteiger charge is -1.99. The Kier molecular flexibility index (Phi) is 17.5.